The van der Waals surface area contributed by atoms with Gasteiger partial charge >= 0.3 is 20.8 Å². The highest BCUT2D eigenvalue weighted by Gasteiger charge is 2.45. The van der Waals surface area contributed by atoms with E-state index in [0.717, 1.165) is 12.1 Å². The summed E-state index contributed by atoms with van der Waals surface area (Å²) in [6, 6.07) is 0.982. The third-order valence-electron chi connectivity index (χ3n) is 7.65. The van der Waals surface area contributed by atoms with E-state index in [0.29, 0.717) is 24.9 Å². The van der Waals surface area contributed by atoms with Crippen LogP contribution in [-0.4, -0.2) is 93.8 Å². The Kier molecular flexibility index (Phi) is 9.72. The van der Waals surface area contributed by atoms with Gasteiger partial charge in [0.25, 0.3) is 5.91 Å². The van der Waals surface area contributed by atoms with Gasteiger partial charge in [-0.2, -0.15) is 8.78 Å². The maximum Gasteiger partial charge on any atom is 0.393 e. The number of primary amides is 1. The lowest BCUT2D eigenvalue weighted by Crippen LogP contribution is -2.60. The van der Waals surface area contributed by atoms with Crippen molar-refractivity contribution < 1.29 is 46.9 Å². The minimum absolute atomic E-state index is 0.0122. The van der Waals surface area contributed by atoms with Gasteiger partial charge in [0, 0.05) is 29.9 Å². The van der Waals surface area contributed by atoms with E-state index < -0.39 is 68.1 Å². The minimum Gasteiger partial charge on any atom is -0.480 e. The third-order valence-corrected chi connectivity index (χ3v) is 7.95. The van der Waals surface area contributed by atoms with Gasteiger partial charge in [-0.3, -0.25) is 19.2 Å². The lowest BCUT2D eigenvalue weighted by Gasteiger charge is -2.37. The van der Waals surface area contributed by atoms with Crippen LogP contribution in [0.4, 0.5) is 8.78 Å². The Balaban J connectivity index is 1.53. The molecule has 43 heavy (non-hydrogen) atoms. The highest BCUT2D eigenvalue weighted by molar-refractivity contribution is 7.17. The molecular weight excluding hydrogens is 593 g/mol. The number of halogens is 2. The molecule has 1 aromatic carbocycles. The van der Waals surface area contributed by atoms with Crippen LogP contribution >= 0.6 is 8.69 Å². The summed E-state index contributed by atoms with van der Waals surface area (Å²) < 4.78 is 42.6. The number of nitrogens with two attached hydrogens (primary N) is 1. The molecule has 6 N–H and O–H groups in total. The zero-order valence-corrected chi connectivity index (χ0v) is 23.9. The van der Waals surface area contributed by atoms with Crippen molar-refractivity contribution in [1.29, 1.82) is 0 Å². The van der Waals surface area contributed by atoms with E-state index in [9.17, 15) is 42.4 Å². The third kappa shape index (κ3) is 7.32. The minimum atomic E-state index is -3.82. The van der Waals surface area contributed by atoms with Crippen molar-refractivity contribution in [3.63, 3.8) is 0 Å². The maximum absolute atomic E-state index is 14.0. The molecule has 3 heterocycles. The van der Waals surface area contributed by atoms with Crippen LogP contribution in [0.2, 0.25) is 0 Å². The van der Waals surface area contributed by atoms with Crippen LogP contribution in [0.3, 0.4) is 0 Å². The van der Waals surface area contributed by atoms with E-state index in [-0.39, 0.29) is 42.9 Å². The number of nitrogens with zero attached hydrogens (tertiary/aromatic N) is 2. The fourth-order valence-corrected chi connectivity index (χ4v) is 5.68. The monoisotopic (exact) mass is 624 g/mol. The number of fused-ring (bicyclic) bond motifs is 2. The first kappa shape index (κ1) is 31.9. The Morgan fingerprint density at radius 3 is 2.65 bits per heavy atom. The Hall–Kier alpha value is -4.01. The van der Waals surface area contributed by atoms with Gasteiger partial charge < -0.3 is 36.3 Å². The molecule has 2 aliphatic rings. The number of carboxylic acid groups (broad SMARTS) is 1. The quantitative estimate of drug-likeness (QED) is 0.227. The summed E-state index contributed by atoms with van der Waals surface area (Å²) in [5.41, 5.74) is 4.88. The number of hydrogen-bond acceptors (Lipinski definition) is 8. The standard InChI is InChI=1S/C26H31F2N6O8P/c1-33-9-8-15-3-6-20(23(37)31-17(25(39)40)5-7-21(29)35)34(15)24(38)19(12-33)32-22(36)18-11-13-10-14(2-4-16(13)30-18)26(27,28)42-43-41/h2,4,10-11,15,17,19-20,30H,3,5-9,12H2,1H3,(H2,29,35)(H,31,37)(H,32,36)(H,39,40)/t15-,17+,19+,20+/m1/s1. The van der Waals surface area contributed by atoms with Crippen LogP contribution in [0.25, 0.3) is 10.9 Å². The Labute approximate surface area is 245 Å². The SMILES string of the molecule is CN1CC[C@H]2CC[C@@H](C(=O)N[C@@H](CCC(N)=O)C(=O)O)N2C(=O)[C@@H](NC(=O)c2cc3cc(C(F)(F)OP=O)ccc3[nH]2)C1. The largest absolute Gasteiger partial charge is 0.480 e. The number of rotatable bonds is 11. The van der Waals surface area contributed by atoms with Crippen molar-refractivity contribution in [1.82, 2.24) is 25.4 Å². The van der Waals surface area contributed by atoms with Crippen molar-refractivity contribution in [3.05, 3.63) is 35.5 Å². The van der Waals surface area contributed by atoms with Crippen molar-refractivity contribution >= 4 is 49.2 Å². The average Bonchev–Trinajstić information content (AvgIpc) is 3.56. The first-order valence-corrected chi connectivity index (χ1v) is 14.2. The topological polar surface area (TPSA) is 204 Å². The average molecular weight is 625 g/mol. The maximum atomic E-state index is 14.0. The number of aliphatic carboxylic acids is 1. The number of hydrogen-bond donors (Lipinski definition) is 5. The fraction of sp³-hybridized carbons (Fsp3) is 0.500. The summed E-state index contributed by atoms with van der Waals surface area (Å²) in [6.07, 6.45) is -2.96. The predicted octanol–water partition coefficient (Wildman–Crippen LogP) is 1.07. The number of nitrogens with one attached hydrogen (secondary N) is 3. The smallest absolute Gasteiger partial charge is 0.393 e. The van der Waals surface area contributed by atoms with Gasteiger partial charge in [0.15, 0.2) is 0 Å². The molecule has 2 aromatic rings. The second-order valence-electron chi connectivity index (χ2n) is 10.6. The molecular formula is C26H31F2N6O8P. The predicted molar refractivity (Wildman–Crippen MR) is 146 cm³/mol. The zero-order chi connectivity index (χ0) is 31.5. The van der Waals surface area contributed by atoms with Crippen molar-refractivity contribution in [2.24, 2.45) is 5.73 Å². The molecule has 2 aliphatic heterocycles. The van der Waals surface area contributed by atoms with Gasteiger partial charge in [0.2, 0.25) is 17.7 Å². The molecule has 2 fully saturated rings. The van der Waals surface area contributed by atoms with Crippen molar-refractivity contribution in [2.75, 3.05) is 20.1 Å². The summed E-state index contributed by atoms with van der Waals surface area (Å²) in [6.45, 7) is 0.667. The summed E-state index contributed by atoms with van der Waals surface area (Å²) in [5, 5.41) is 14.8. The molecule has 1 aromatic heterocycles. The Bertz CT molecular complexity index is 1440. The summed E-state index contributed by atoms with van der Waals surface area (Å²) in [4.78, 5) is 69.1. The van der Waals surface area contributed by atoms with Crippen LogP contribution in [0.15, 0.2) is 24.3 Å². The van der Waals surface area contributed by atoms with E-state index in [1.165, 1.54) is 17.0 Å². The van der Waals surface area contributed by atoms with Crippen LogP contribution in [-0.2, 0) is 34.4 Å². The molecule has 4 rings (SSSR count). The van der Waals surface area contributed by atoms with Crippen LogP contribution < -0.4 is 16.4 Å². The number of aromatic amines is 1. The highest BCUT2D eigenvalue weighted by atomic mass is 31.1. The van der Waals surface area contributed by atoms with E-state index in [2.05, 4.69) is 20.1 Å². The first-order chi connectivity index (χ1) is 20.3. The second kappa shape index (κ2) is 13.1. The number of aromatic nitrogens is 1. The molecule has 0 radical (unpaired) electrons. The molecule has 0 spiro atoms. The van der Waals surface area contributed by atoms with E-state index in [4.69, 9.17) is 5.73 Å². The number of carbonyl (C=O) groups is 5. The van der Waals surface area contributed by atoms with Gasteiger partial charge in [-0.1, -0.05) is 0 Å². The molecule has 0 saturated carbocycles. The number of amides is 4. The molecule has 232 valence electrons. The van der Waals surface area contributed by atoms with Crippen LogP contribution in [0, 0.1) is 0 Å². The normalized spacial score (nSPS) is 22.1. The molecule has 14 nitrogen and oxygen atoms in total. The summed E-state index contributed by atoms with van der Waals surface area (Å²) in [7, 11) is 0.583. The Morgan fingerprint density at radius 1 is 1.23 bits per heavy atom. The van der Waals surface area contributed by atoms with E-state index in [1.807, 2.05) is 4.90 Å². The molecule has 0 unspecified atom stereocenters. The van der Waals surface area contributed by atoms with E-state index >= 15 is 0 Å². The molecule has 4 amide bonds. The van der Waals surface area contributed by atoms with Crippen molar-refractivity contribution in [3.8, 4) is 0 Å². The molecule has 17 heteroatoms. The summed E-state index contributed by atoms with van der Waals surface area (Å²) >= 11 is 0. The van der Waals surface area contributed by atoms with Crippen LogP contribution in [0.5, 0.6) is 0 Å². The van der Waals surface area contributed by atoms with Gasteiger partial charge in [0.1, 0.15) is 23.8 Å². The number of H-pyrrole nitrogens is 1. The number of likely N-dealkylation sites (N-methyl/N-ethyl adjacent to an activating group) is 1. The number of alkyl halides is 2. The molecule has 2 saturated heterocycles. The zero-order valence-electron chi connectivity index (χ0n) is 23.0. The van der Waals surface area contributed by atoms with Crippen LogP contribution in [0.1, 0.15) is 48.2 Å². The van der Waals surface area contributed by atoms with Gasteiger partial charge in [-0.05, 0) is 63.5 Å². The molecule has 4 atom stereocenters. The molecule has 0 aliphatic carbocycles. The van der Waals surface area contributed by atoms with Gasteiger partial charge in [-0.15, -0.1) is 0 Å². The number of carbonyl (C=O) groups excluding carboxylic acids is 4. The lowest BCUT2D eigenvalue weighted by atomic mass is 10.1. The van der Waals surface area contributed by atoms with Gasteiger partial charge in [-0.25, -0.2) is 13.9 Å². The van der Waals surface area contributed by atoms with Crippen molar-refractivity contribution in [2.45, 2.75) is 62.4 Å². The molecule has 0 bridgehead atoms. The Morgan fingerprint density at radius 2 is 1.98 bits per heavy atom. The van der Waals surface area contributed by atoms with Gasteiger partial charge in [0.05, 0.1) is 5.56 Å². The fourth-order valence-electron chi connectivity index (χ4n) is 5.48. The highest BCUT2D eigenvalue weighted by Crippen LogP contribution is 2.35. The van der Waals surface area contributed by atoms with E-state index in [1.54, 1.807) is 7.05 Å². The second-order valence-corrected chi connectivity index (χ2v) is 11.0. The number of carboxylic acids is 1. The number of benzene rings is 1. The first-order valence-electron chi connectivity index (χ1n) is 13.5. The lowest BCUT2D eigenvalue weighted by molar-refractivity contribution is -0.178. The summed E-state index contributed by atoms with van der Waals surface area (Å²) in [5.74, 6) is -3.97.